The van der Waals surface area contributed by atoms with Gasteiger partial charge in [-0.2, -0.15) is 0 Å². The minimum absolute atomic E-state index is 0.0638. The Hall–Kier alpha value is -2.01. The van der Waals surface area contributed by atoms with Gasteiger partial charge in [0, 0.05) is 44.2 Å². The fourth-order valence-electron chi connectivity index (χ4n) is 7.83. The zero-order chi connectivity index (χ0) is 19.4. The molecular weight excluding hydrogens is 352 g/mol. The molecule has 6 aliphatic rings. The monoisotopic (exact) mass is 380 g/mol. The van der Waals surface area contributed by atoms with Crippen LogP contribution in [0.3, 0.4) is 0 Å². The van der Waals surface area contributed by atoms with Crippen molar-refractivity contribution in [1.82, 2.24) is 4.90 Å². The molecule has 0 amide bonds. The van der Waals surface area contributed by atoms with Gasteiger partial charge in [-0.15, -0.1) is 0 Å². The third-order valence-corrected chi connectivity index (χ3v) is 8.56. The standard InChI is InChI=1S/C23H28N2O3/c1-5-13-11-25-18-9-15(13)20-19(25)10-23(22(20)28-12(2)26)16-8-14(27-4)6-7-17(16)24(3)21(18)23/h5-8,15,18-22H,9-11H2,1-4H3/b13-5+/t15-,18?,19-,20-,21-,22+,23?/m0/s1. The molecule has 7 rings (SSSR count). The van der Waals surface area contributed by atoms with E-state index in [4.69, 9.17) is 9.47 Å². The molecule has 0 radical (unpaired) electrons. The number of methoxy groups -OCH3 is 1. The molecule has 5 aliphatic heterocycles. The number of ether oxygens (including phenoxy) is 2. The largest absolute Gasteiger partial charge is 0.497 e. The van der Waals surface area contributed by atoms with E-state index in [1.165, 1.54) is 17.7 Å². The summed E-state index contributed by atoms with van der Waals surface area (Å²) in [6.07, 6.45) is 4.50. The Kier molecular flexibility index (Phi) is 3.21. The van der Waals surface area contributed by atoms with E-state index in [0.717, 1.165) is 18.7 Å². The van der Waals surface area contributed by atoms with E-state index in [0.29, 0.717) is 30.0 Å². The zero-order valence-corrected chi connectivity index (χ0v) is 17.0. The lowest BCUT2D eigenvalue weighted by molar-refractivity contribution is -0.152. The minimum Gasteiger partial charge on any atom is -0.497 e. The number of anilines is 1. The maximum Gasteiger partial charge on any atom is 0.302 e. The molecule has 1 spiro atoms. The number of benzene rings is 1. The third kappa shape index (κ3) is 1.71. The first-order valence-electron chi connectivity index (χ1n) is 10.5. The van der Waals surface area contributed by atoms with Crippen LogP contribution in [0.15, 0.2) is 29.8 Å². The molecule has 0 N–H and O–H groups in total. The minimum atomic E-state index is -0.152. The lowest BCUT2D eigenvalue weighted by Crippen LogP contribution is -2.68. The number of rotatable bonds is 2. The van der Waals surface area contributed by atoms with Crippen LogP contribution in [0.2, 0.25) is 0 Å². The quantitative estimate of drug-likeness (QED) is 0.583. The maximum atomic E-state index is 12.2. The van der Waals surface area contributed by atoms with E-state index in [2.05, 4.69) is 48.0 Å². The number of piperidine rings is 4. The number of esters is 1. The molecule has 5 bridgehead atoms. The van der Waals surface area contributed by atoms with Gasteiger partial charge in [-0.1, -0.05) is 11.6 Å². The average Bonchev–Trinajstić information content (AvgIpc) is 3.10. The smallest absolute Gasteiger partial charge is 0.302 e. The zero-order valence-electron chi connectivity index (χ0n) is 17.0. The molecule has 0 aromatic heterocycles. The van der Waals surface area contributed by atoms with Gasteiger partial charge in [-0.25, -0.2) is 0 Å². The van der Waals surface area contributed by atoms with Gasteiger partial charge in [0.1, 0.15) is 11.9 Å². The van der Waals surface area contributed by atoms with Crippen LogP contribution in [0.5, 0.6) is 5.75 Å². The van der Waals surface area contributed by atoms with Crippen molar-refractivity contribution in [2.24, 2.45) is 11.8 Å². The van der Waals surface area contributed by atoms with Crippen LogP contribution in [0.4, 0.5) is 5.69 Å². The van der Waals surface area contributed by atoms with Crippen LogP contribution in [-0.4, -0.2) is 55.8 Å². The molecule has 4 saturated heterocycles. The van der Waals surface area contributed by atoms with Crippen molar-refractivity contribution in [2.45, 2.75) is 56.3 Å². The van der Waals surface area contributed by atoms with Crippen LogP contribution < -0.4 is 9.64 Å². The summed E-state index contributed by atoms with van der Waals surface area (Å²) in [5.74, 6) is 1.68. The highest BCUT2D eigenvalue weighted by Crippen LogP contribution is 2.68. The summed E-state index contributed by atoms with van der Waals surface area (Å²) >= 11 is 0. The van der Waals surface area contributed by atoms with Crippen LogP contribution in [0.25, 0.3) is 0 Å². The van der Waals surface area contributed by atoms with E-state index >= 15 is 0 Å². The molecule has 1 saturated carbocycles. The normalized spacial score (nSPS) is 45.4. The predicted molar refractivity (Wildman–Crippen MR) is 107 cm³/mol. The van der Waals surface area contributed by atoms with E-state index in [-0.39, 0.29) is 17.5 Å². The first-order chi connectivity index (χ1) is 13.5. The second kappa shape index (κ2) is 5.32. The van der Waals surface area contributed by atoms with Gasteiger partial charge >= 0.3 is 5.97 Å². The number of nitrogens with zero attached hydrogens (tertiary/aromatic N) is 2. The molecular formula is C23H28N2O3. The number of hydrogen-bond acceptors (Lipinski definition) is 5. The van der Waals surface area contributed by atoms with Gasteiger partial charge in [0.05, 0.1) is 18.6 Å². The van der Waals surface area contributed by atoms with E-state index in [1.807, 2.05) is 0 Å². The van der Waals surface area contributed by atoms with Gasteiger partial charge in [-0.05, 0) is 49.4 Å². The molecule has 8 atom stereocenters. The first kappa shape index (κ1) is 16.9. The fraction of sp³-hybridized carbons (Fsp3) is 0.609. The number of allylic oxidation sites excluding steroid dienone is 1. The second-order valence-electron chi connectivity index (χ2n) is 9.30. The maximum absolute atomic E-state index is 12.2. The Morgan fingerprint density at radius 3 is 2.86 bits per heavy atom. The van der Waals surface area contributed by atoms with Gasteiger partial charge < -0.3 is 14.4 Å². The molecule has 5 fully saturated rings. The third-order valence-electron chi connectivity index (χ3n) is 8.56. The van der Waals surface area contributed by atoms with Gasteiger partial charge in [0.2, 0.25) is 0 Å². The van der Waals surface area contributed by atoms with Crippen molar-refractivity contribution < 1.29 is 14.3 Å². The molecule has 28 heavy (non-hydrogen) atoms. The van der Waals surface area contributed by atoms with Crippen molar-refractivity contribution in [3.8, 4) is 5.75 Å². The van der Waals surface area contributed by atoms with E-state index in [9.17, 15) is 4.79 Å². The molecule has 1 aromatic carbocycles. The Morgan fingerprint density at radius 1 is 1.32 bits per heavy atom. The topological polar surface area (TPSA) is 42.0 Å². The van der Waals surface area contributed by atoms with Crippen molar-refractivity contribution in [2.75, 3.05) is 25.6 Å². The van der Waals surface area contributed by atoms with Crippen LogP contribution in [0.1, 0.15) is 32.3 Å². The summed E-state index contributed by atoms with van der Waals surface area (Å²) in [7, 11) is 3.96. The number of hydrogen-bond donors (Lipinski definition) is 0. The summed E-state index contributed by atoms with van der Waals surface area (Å²) in [6, 6.07) is 7.84. The molecule has 5 nitrogen and oxygen atoms in total. The summed E-state index contributed by atoms with van der Waals surface area (Å²) in [4.78, 5) is 17.5. The fourth-order valence-corrected chi connectivity index (χ4v) is 7.83. The molecule has 148 valence electrons. The lowest BCUT2D eigenvalue weighted by atomic mass is 9.65. The summed E-state index contributed by atoms with van der Waals surface area (Å²) in [5, 5.41) is 0. The van der Waals surface area contributed by atoms with Gasteiger partial charge in [0.15, 0.2) is 0 Å². The Bertz CT molecular complexity index is 911. The van der Waals surface area contributed by atoms with Crippen LogP contribution >= 0.6 is 0 Å². The highest BCUT2D eigenvalue weighted by Gasteiger charge is 2.75. The summed E-state index contributed by atoms with van der Waals surface area (Å²) in [6.45, 7) is 4.82. The van der Waals surface area contributed by atoms with E-state index in [1.54, 1.807) is 19.6 Å². The highest BCUT2D eigenvalue weighted by molar-refractivity contribution is 5.71. The van der Waals surface area contributed by atoms with Crippen LogP contribution in [0, 0.1) is 11.8 Å². The Morgan fingerprint density at radius 2 is 2.14 bits per heavy atom. The highest BCUT2D eigenvalue weighted by atomic mass is 16.5. The van der Waals surface area contributed by atoms with E-state index < -0.39 is 0 Å². The van der Waals surface area contributed by atoms with Gasteiger partial charge in [0.25, 0.3) is 0 Å². The predicted octanol–water partition coefficient (Wildman–Crippen LogP) is 2.74. The number of likely N-dealkylation sites (N-methyl/N-ethyl adjacent to an activating group) is 1. The summed E-state index contributed by atoms with van der Waals surface area (Å²) < 4.78 is 11.8. The van der Waals surface area contributed by atoms with Crippen molar-refractivity contribution in [1.29, 1.82) is 0 Å². The van der Waals surface area contributed by atoms with Crippen LogP contribution in [-0.2, 0) is 14.9 Å². The summed E-state index contributed by atoms with van der Waals surface area (Å²) in [5.41, 5.74) is 4.02. The van der Waals surface area contributed by atoms with Crippen molar-refractivity contribution in [3.05, 3.63) is 35.4 Å². The molecule has 5 heterocycles. The van der Waals surface area contributed by atoms with Crippen molar-refractivity contribution in [3.63, 3.8) is 0 Å². The molecule has 1 aliphatic carbocycles. The second-order valence-corrected chi connectivity index (χ2v) is 9.30. The average molecular weight is 380 g/mol. The van der Waals surface area contributed by atoms with Crippen molar-refractivity contribution >= 4 is 11.7 Å². The Balaban J connectivity index is 1.60. The number of carbonyl (C=O) groups is 1. The Labute approximate surface area is 166 Å². The van der Waals surface area contributed by atoms with Gasteiger partial charge in [-0.3, -0.25) is 9.69 Å². The molecule has 1 aromatic rings. The molecule has 5 heteroatoms. The number of carbonyl (C=O) groups excluding carboxylic acids is 1. The molecule has 3 unspecified atom stereocenters. The SMILES string of the molecule is C/C=C1\CN2C3C[C@@H]1[C@@H]1[C@@H](OC(C)=O)C4(C[C@@H]12)c1cc(OC)ccc1N(C)[C@@H]34. The number of fused-ring (bicyclic) bond motifs is 2. The first-order valence-corrected chi connectivity index (χ1v) is 10.5. The lowest BCUT2D eigenvalue weighted by Gasteiger charge is -2.58.